The lowest BCUT2D eigenvalue weighted by Crippen LogP contribution is -2.21. The molecule has 1 aliphatic rings. The lowest BCUT2D eigenvalue weighted by molar-refractivity contribution is 0.207. The molecule has 2 N–H and O–H groups in total. The van der Waals surface area contributed by atoms with E-state index in [0.29, 0.717) is 17.1 Å². The molecule has 1 aromatic heterocycles. The summed E-state index contributed by atoms with van der Waals surface area (Å²) in [6.07, 6.45) is 2.56. The van der Waals surface area contributed by atoms with Crippen molar-refractivity contribution in [3.8, 4) is 11.8 Å². The van der Waals surface area contributed by atoms with Gasteiger partial charge in [-0.05, 0) is 13.5 Å². The van der Waals surface area contributed by atoms with Gasteiger partial charge in [-0.1, -0.05) is 0 Å². The van der Waals surface area contributed by atoms with Crippen LogP contribution in [0.25, 0.3) is 0 Å². The maximum atomic E-state index is 8.91. The van der Waals surface area contributed by atoms with Crippen molar-refractivity contribution in [3.05, 3.63) is 17.8 Å². The zero-order valence-corrected chi connectivity index (χ0v) is 9.18. The molecule has 0 aliphatic carbocycles. The number of aromatic nitrogens is 1. The molecule has 1 aliphatic heterocycles. The first-order valence-electron chi connectivity index (χ1n) is 5.20. The third-order valence-electron chi connectivity index (χ3n) is 2.65. The standard InChI is InChI=1S/C11H14N4O/c1-15-3-2-9(7-15)16-10-4-11(13)14-6-8(10)5-12/h4,6,9H,2-3,7H2,1H3,(H2,13,14). The molecule has 0 bridgehead atoms. The topological polar surface area (TPSA) is 75.2 Å². The maximum Gasteiger partial charge on any atom is 0.142 e. The van der Waals surface area contributed by atoms with Crippen LogP contribution in [0, 0.1) is 11.3 Å². The number of hydrogen-bond donors (Lipinski definition) is 1. The molecule has 0 spiro atoms. The Morgan fingerprint density at radius 2 is 2.50 bits per heavy atom. The Balaban J connectivity index is 2.14. The smallest absolute Gasteiger partial charge is 0.142 e. The number of rotatable bonds is 2. The van der Waals surface area contributed by atoms with Crippen molar-refractivity contribution in [1.82, 2.24) is 9.88 Å². The number of nitrogens with two attached hydrogens (primary N) is 1. The number of likely N-dealkylation sites (tertiary alicyclic amines) is 1. The van der Waals surface area contributed by atoms with Crippen LogP contribution in [-0.2, 0) is 0 Å². The molecule has 1 aromatic rings. The van der Waals surface area contributed by atoms with Gasteiger partial charge < -0.3 is 15.4 Å². The summed E-state index contributed by atoms with van der Waals surface area (Å²) in [5.41, 5.74) is 6.01. The molecule has 0 aromatic carbocycles. The van der Waals surface area contributed by atoms with Crippen LogP contribution < -0.4 is 10.5 Å². The summed E-state index contributed by atoms with van der Waals surface area (Å²) in [5.74, 6) is 0.913. The van der Waals surface area contributed by atoms with Crippen LogP contribution >= 0.6 is 0 Å². The van der Waals surface area contributed by atoms with E-state index in [2.05, 4.69) is 23.0 Å². The Labute approximate surface area is 94.4 Å². The Morgan fingerprint density at radius 3 is 3.12 bits per heavy atom. The molecule has 0 radical (unpaired) electrons. The number of nitriles is 1. The minimum Gasteiger partial charge on any atom is -0.487 e. The van der Waals surface area contributed by atoms with E-state index in [1.807, 2.05) is 0 Å². The van der Waals surface area contributed by atoms with Gasteiger partial charge >= 0.3 is 0 Å². The van der Waals surface area contributed by atoms with Crippen molar-refractivity contribution in [1.29, 1.82) is 5.26 Å². The van der Waals surface area contributed by atoms with Crippen molar-refractivity contribution >= 4 is 5.82 Å². The lowest BCUT2D eigenvalue weighted by Gasteiger charge is -2.14. The summed E-state index contributed by atoms with van der Waals surface area (Å²) in [4.78, 5) is 6.06. The Hall–Kier alpha value is -1.80. The van der Waals surface area contributed by atoms with Gasteiger partial charge in [0.1, 0.15) is 29.3 Å². The lowest BCUT2D eigenvalue weighted by atomic mass is 10.2. The molecule has 1 fully saturated rings. The van der Waals surface area contributed by atoms with E-state index in [1.165, 1.54) is 6.20 Å². The first kappa shape index (κ1) is 10.7. The summed E-state index contributed by atoms with van der Waals surface area (Å²) < 4.78 is 5.76. The second-order valence-electron chi connectivity index (χ2n) is 4.01. The second-order valence-corrected chi connectivity index (χ2v) is 4.01. The number of ether oxygens (including phenoxy) is 1. The highest BCUT2D eigenvalue weighted by Gasteiger charge is 2.22. The first-order chi connectivity index (χ1) is 7.69. The molecule has 1 atom stereocenters. The zero-order chi connectivity index (χ0) is 11.5. The number of pyridine rings is 1. The number of anilines is 1. The third-order valence-corrected chi connectivity index (χ3v) is 2.65. The molecule has 5 nitrogen and oxygen atoms in total. The summed E-state index contributed by atoms with van der Waals surface area (Å²) in [5, 5.41) is 8.91. The average Bonchev–Trinajstić information content (AvgIpc) is 2.64. The van der Waals surface area contributed by atoms with Gasteiger partial charge in [0, 0.05) is 19.2 Å². The minimum atomic E-state index is 0.138. The summed E-state index contributed by atoms with van der Waals surface area (Å²) in [6.45, 7) is 1.90. The van der Waals surface area contributed by atoms with E-state index in [1.54, 1.807) is 6.07 Å². The highest BCUT2D eigenvalue weighted by atomic mass is 16.5. The molecule has 5 heteroatoms. The molecule has 1 unspecified atom stereocenters. The highest BCUT2D eigenvalue weighted by Crippen LogP contribution is 2.22. The fraction of sp³-hybridized carbons (Fsp3) is 0.455. The monoisotopic (exact) mass is 218 g/mol. The van der Waals surface area contributed by atoms with Crippen LogP contribution in [0.1, 0.15) is 12.0 Å². The van der Waals surface area contributed by atoms with Gasteiger partial charge in [0.2, 0.25) is 0 Å². The number of nitrogens with zero attached hydrogens (tertiary/aromatic N) is 3. The van der Waals surface area contributed by atoms with Crippen LogP contribution in [0.3, 0.4) is 0 Å². The fourth-order valence-corrected chi connectivity index (χ4v) is 1.80. The SMILES string of the molecule is CN1CCC(Oc2cc(N)ncc2C#N)C1. The summed E-state index contributed by atoms with van der Waals surface area (Å²) in [6, 6.07) is 3.66. The number of hydrogen-bond acceptors (Lipinski definition) is 5. The quantitative estimate of drug-likeness (QED) is 0.787. The molecular weight excluding hydrogens is 204 g/mol. The molecular formula is C11H14N4O. The predicted molar refractivity (Wildman–Crippen MR) is 59.9 cm³/mol. The summed E-state index contributed by atoms with van der Waals surface area (Å²) >= 11 is 0. The van der Waals surface area contributed by atoms with Gasteiger partial charge in [0.15, 0.2) is 0 Å². The van der Waals surface area contributed by atoms with Crippen molar-refractivity contribution in [2.75, 3.05) is 25.9 Å². The van der Waals surface area contributed by atoms with E-state index >= 15 is 0 Å². The predicted octanol–water partition coefficient (Wildman–Crippen LogP) is 0.618. The largest absolute Gasteiger partial charge is 0.487 e. The Kier molecular flexibility index (Phi) is 2.93. The van der Waals surface area contributed by atoms with Crippen molar-refractivity contribution in [3.63, 3.8) is 0 Å². The molecule has 1 saturated heterocycles. The summed E-state index contributed by atoms with van der Waals surface area (Å²) in [7, 11) is 2.05. The molecule has 16 heavy (non-hydrogen) atoms. The van der Waals surface area contributed by atoms with Crippen LogP contribution in [0.5, 0.6) is 5.75 Å². The average molecular weight is 218 g/mol. The fourth-order valence-electron chi connectivity index (χ4n) is 1.80. The normalized spacial score (nSPS) is 20.6. The Morgan fingerprint density at radius 1 is 1.69 bits per heavy atom. The van der Waals surface area contributed by atoms with Gasteiger partial charge in [-0.3, -0.25) is 0 Å². The van der Waals surface area contributed by atoms with Crippen LogP contribution in [0.4, 0.5) is 5.82 Å². The zero-order valence-electron chi connectivity index (χ0n) is 9.18. The van der Waals surface area contributed by atoms with Gasteiger partial charge in [-0.25, -0.2) is 4.98 Å². The van der Waals surface area contributed by atoms with Crippen molar-refractivity contribution < 1.29 is 4.74 Å². The number of nitrogen functional groups attached to an aromatic ring is 1. The van der Waals surface area contributed by atoms with Gasteiger partial charge in [0.25, 0.3) is 0 Å². The van der Waals surface area contributed by atoms with E-state index in [9.17, 15) is 0 Å². The Bertz CT molecular complexity index is 426. The van der Waals surface area contributed by atoms with Crippen LogP contribution in [0.15, 0.2) is 12.3 Å². The maximum absolute atomic E-state index is 8.91. The second kappa shape index (κ2) is 4.37. The minimum absolute atomic E-state index is 0.138. The third kappa shape index (κ3) is 2.23. The van der Waals surface area contributed by atoms with Gasteiger partial charge in [-0.2, -0.15) is 5.26 Å². The molecule has 84 valence electrons. The van der Waals surface area contributed by atoms with E-state index in [4.69, 9.17) is 15.7 Å². The van der Waals surface area contributed by atoms with Gasteiger partial charge in [-0.15, -0.1) is 0 Å². The van der Waals surface area contributed by atoms with Crippen molar-refractivity contribution in [2.45, 2.75) is 12.5 Å². The molecule has 0 amide bonds. The van der Waals surface area contributed by atoms with Gasteiger partial charge in [0.05, 0.1) is 6.20 Å². The van der Waals surface area contributed by atoms with E-state index < -0.39 is 0 Å². The molecule has 2 heterocycles. The van der Waals surface area contributed by atoms with Crippen molar-refractivity contribution in [2.24, 2.45) is 0 Å². The van der Waals surface area contributed by atoms with E-state index in [-0.39, 0.29) is 6.10 Å². The van der Waals surface area contributed by atoms with E-state index in [0.717, 1.165) is 19.5 Å². The highest BCUT2D eigenvalue weighted by molar-refractivity contribution is 5.47. The number of likely N-dealkylation sites (N-methyl/N-ethyl adjacent to an activating group) is 1. The van der Waals surface area contributed by atoms with Crippen LogP contribution in [-0.4, -0.2) is 36.1 Å². The first-order valence-corrected chi connectivity index (χ1v) is 5.20. The van der Waals surface area contributed by atoms with Crippen LogP contribution in [0.2, 0.25) is 0 Å². The molecule has 0 saturated carbocycles. The molecule has 2 rings (SSSR count).